The first-order valence-electron chi connectivity index (χ1n) is 4.99. The summed E-state index contributed by atoms with van der Waals surface area (Å²) in [6.07, 6.45) is 0.187. The summed E-state index contributed by atoms with van der Waals surface area (Å²) < 4.78 is 0. The van der Waals surface area contributed by atoms with E-state index in [0.29, 0.717) is 0 Å². The van der Waals surface area contributed by atoms with Crippen molar-refractivity contribution in [2.45, 2.75) is 32.4 Å². The van der Waals surface area contributed by atoms with E-state index >= 15 is 0 Å². The Morgan fingerprint density at radius 1 is 1.60 bits per heavy atom. The van der Waals surface area contributed by atoms with Crippen molar-refractivity contribution in [1.29, 1.82) is 0 Å². The lowest BCUT2D eigenvalue weighted by molar-refractivity contribution is -0.138. The third kappa shape index (κ3) is 3.32. The number of thiophene rings is 1. The van der Waals surface area contributed by atoms with Crippen LogP contribution in [0.4, 0.5) is 0 Å². The molecule has 0 aromatic carbocycles. The average Bonchev–Trinajstić information content (AvgIpc) is 2.67. The van der Waals surface area contributed by atoms with Crippen LogP contribution in [0.3, 0.4) is 0 Å². The van der Waals surface area contributed by atoms with E-state index in [4.69, 9.17) is 5.11 Å². The van der Waals surface area contributed by atoms with E-state index in [9.17, 15) is 4.79 Å². The van der Waals surface area contributed by atoms with Crippen LogP contribution < -0.4 is 0 Å². The van der Waals surface area contributed by atoms with E-state index in [1.165, 1.54) is 4.88 Å². The molecule has 3 nitrogen and oxygen atoms in total. The predicted octanol–water partition coefficient (Wildman–Crippen LogP) is 2.60. The Morgan fingerprint density at radius 3 is 2.73 bits per heavy atom. The topological polar surface area (TPSA) is 40.5 Å². The molecular weight excluding hydrogens is 210 g/mol. The average molecular weight is 227 g/mol. The van der Waals surface area contributed by atoms with Gasteiger partial charge in [0.25, 0.3) is 0 Å². The van der Waals surface area contributed by atoms with Crippen molar-refractivity contribution in [3.05, 3.63) is 22.4 Å². The molecule has 0 aliphatic carbocycles. The van der Waals surface area contributed by atoms with Crippen LogP contribution in [0.1, 0.15) is 31.2 Å². The third-order valence-corrected chi connectivity index (χ3v) is 3.77. The molecule has 0 amide bonds. The van der Waals surface area contributed by atoms with E-state index < -0.39 is 5.97 Å². The van der Waals surface area contributed by atoms with E-state index in [1.54, 1.807) is 11.3 Å². The van der Waals surface area contributed by atoms with Crippen LogP contribution in [-0.2, 0) is 4.79 Å². The molecule has 0 radical (unpaired) electrons. The summed E-state index contributed by atoms with van der Waals surface area (Å²) in [5.41, 5.74) is 0. The Kier molecular flexibility index (Phi) is 4.29. The molecular formula is C11H17NO2S. The molecule has 0 saturated heterocycles. The molecule has 1 rings (SSSR count). The van der Waals surface area contributed by atoms with Crippen molar-refractivity contribution in [2.24, 2.45) is 0 Å². The highest BCUT2D eigenvalue weighted by atomic mass is 32.1. The summed E-state index contributed by atoms with van der Waals surface area (Å²) in [6, 6.07) is 4.44. The van der Waals surface area contributed by atoms with E-state index in [0.717, 1.165) is 0 Å². The molecule has 2 atom stereocenters. The number of carbonyl (C=O) groups is 1. The van der Waals surface area contributed by atoms with Gasteiger partial charge in [0.15, 0.2) is 0 Å². The molecule has 15 heavy (non-hydrogen) atoms. The van der Waals surface area contributed by atoms with Gasteiger partial charge in [-0.25, -0.2) is 0 Å². The quantitative estimate of drug-likeness (QED) is 0.840. The molecule has 0 aliphatic rings. The lowest BCUT2D eigenvalue weighted by Gasteiger charge is -2.29. The highest BCUT2D eigenvalue weighted by Gasteiger charge is 2.19. The second-order valence-electron chi connectivity index (χ2n) is 3.80. The van der Waals surface area contributed by atoms with Gasteiger partial charge < -0.3 is 5.11 Å². The van der Waals surface area contributed by atoms with Crippen molar-refractivity contribution in [1.82, 2.24) is 4.90 Å². The SMILES string of the molecule is CC(CC(=O)O)N(C)C(C)c1cccs1. The predicted molar refractivity (Wildman–Crippen MR) is 62.2 cm³/mol. The molecule has 1 aromatic heterocycles. The first-order valence-corrected chi connectivity index (χ1v) is 5.87. The molecule has 1 N–H and O–H groups in total. The number of carboxylic acids is 1. The molecule has 0 spiro atoms. The van der Waals surface area contributed by atoms with Crippen LogP contribution in [0, 0.1) is 0 Å². The number of rotatable bonds is 5. The highest BCUT2D eigenvalue weighted by Crippen LogP contribution is 2.25. The largest absolute Gasteiger partial charge is 0.481 e. The standard InChI is InChI=1S/C11H17NO2S/c1-8(7-11(13)14)12(3)9(2)10-5-4-6-15-10/h4-6,8-9H,7H2,1-3H3,(H,13,14). The Labute approximate surface area is 94.3 Å². The second kappa shape index (κ2) is 5.28. The summed E-state index contributed by atoms with van der Waals surface area (Å²) in [4.78, 5) is 14.0. The van der Waals surface area contributed by atoms with Gasteiger partial charge >= 0.3 is 5.97 Å². The van der Waals surface area contributed by atoms with E-state index in [1.807, 2.05) is 25.4 Å². The Morgan fingerprint density at radius 2 is 2.27 bits per heavy atom. The number of carboxylic acid groups (broad SMARTS) is 1. The Hall–Kier alpha value is -0.870. The summed E-state index contributed by atoms with van der Waals surface area (Å²) in [6.45, 7) is 4.04. The van der Waals surface area contributed by atoms with Crippen molar-refractivity contribution in [3.63, 3.8) is 0 Å². The molecule has 0 saturated carbocycles. The van der Waals surface area contributed by atoms with Gasteiger partial charge in [-0.05, 0) is 32.3 Å². The maximum absolute atomic E-state index is 10.6. The third-order valence-electron chi connectivity index (χ3n) is 2.73. The highest BCUT2D eigenvalue weighted by molar-refractivity contribution is 7.10. The lowest BCUT2D eigenvalue weighted by atomic mass is 10.1. The molecule has 0 bridgehead atoms. The van der Waals surface area contributed by atoms with Crippen LogP contribution in [0.25, 0.3) is 0 Å². The minimum absolute atomic E-state index is 0.0552. The molecule has 84 valence electrons. The van der Waals surface area contributed by atoms with E-state index in [2.05, 4.69) is 17.9 Å². The van der Waals surface area contributed by atoms with Crippen molar-refractivity contribution >= 4 is 17.3 Å². The molecule has 4 heteroatoms. The number of nitrogens with zero attached hydrogens (tertiary/aromatic N) is 1. The normalized spacial score (nSPS) is 15.2. The van der Waals surface area contributed by atoms with Crippen LogP contribution in [0.5, 0.6) is 0 Å². The fraction of sp³-hybridized carbons (Fsp3) is 0.545. The van der Waals surface area contributed by atoms with E-state index in [-0.39, 0.29) is 18.5 Å². The molecule has 0 fully saturated rings. The van der Waals surface area contributed by atoms with Crippen molar-refractivity contribution in [3.8, 4) is 0 Å². The first-order chi connectivity index (χ1) is 7.02. The number of hydrogen-bond donors (Lipinski definition) is 1. The zero-order valence-corrected chi connectivity index (χ0v) is 10.1. The Bertz CT molecular complexity index is 310. The zero-order chi connectivity index (χ0) is 11.4. The number of aliphatic carboxylic acids is 1. The first kappa shape index (κ1) is 12.2. The molecule has 1 heterocycles. The fourth-order valence-corrected chi connectivity index (χ4v) is 2.34. The lowest BCUT2D eigenvalue weighted by Crippen LogP contribution is -2.33. The zero-order valence-electron chi connectivity index (χ0n) is 9.30. The fourth-order valence-electron chi connectivity index (χ4n) is 1.51. The number of hydrogen-bond acceptors (Lipinski definition) is 3. The summed E-state index contributed by atoms with van der Waals surface area (Å²) in [5.74, 6) is -0.743. The molecule has 0 aliphatic heterocycles. The summed E-state index contributed by atoms with van der Waals surface area (Å²) >= 11 is 1.71. The summed E-state index contributed by atoms with van der Waals surface area (Å²) in [5, 5.41) is 10.8. The van der Waals surface area contributed by atoms with Crippen molar-refractivity contribution < 1.29 is 9.90 Å². The van der Waals surface area contributed by atoms with Gasteiger partial charge in [-0.1, -0.05) is 6.07 Å². The van der Waals surface area contributed by atoms with Gasteiger partial charge in [0.2, 0.25) is 0 Å². The van der Waals surface area contributed by atoms with Gasteiger partial charge in [0.1, 0.15) is 0 Å². The van der Waals surface area contributed by atoms with Crippen LogP contribution in [0.15, 0.2) is 17.5 Å². The Balaban J connectivity index is 2.59. The molecule has 2 unspecified atom stereocenters. The van der Waals surface area contributed by atoms with Gasteiger partial charge in [0.05, 0.1) is 6.42 Å². The summed E-state index contributed by atoms with van der Waals surface area (Å²) in [7, 11) is 1.97. The van der Waals surface area contributed by atoms with Gasteiger partial charge in [-0.2, -0.15) is 0 Å². The van der Waals surface area contributed by atoms with Gasteiger partial charge in [0, 0.05) is 17.0 Å². The molecule has 1 aromatic rings. The van der Waals surface area contributed by atoms with Gasteiger partial charge in [-0.15, -0.1) is 11.3 Å². The van der Waals surface area contributed by atoms with Crippen LogP contribution >= 0.6 is 11.3 Å². The maximum atomic E-state index is 10.6. The van der Waals surface area contributed by atoms with Crippen LogP contribution in [0.2, 0.25) is 0 Å². The monoisotopic (exact) mass is 227 g/mol. The second-order valence-corrected chi connectivity index (χ2v) is 4.78. The van der Waals surface area contributed by atoms with Crippen LogP contribution in [-0.4, -0.2) is 29.1 Å². The smallest absolute Gasteiger partial charge is 0.304 e. The minimum Gasteiger partial charge on any atom is -0.481 e. The van der Waals surface area contributed by atoms with Gasteiger partial charge in [-0.3, -0.25) is 9.69 Å². The maximum Gasteiger partial charge on any atom is 0.304 e. The van der Waals surface area contributed by atoms with Crippen molar-refractivity contribution in [2.75, 3.05) is 7.05 Å². The minimum atomic E-state index is -0.743.